The van der Waals surface area contributed by atoms with E-state index in [0.29, 0.717) is 0 Å². The molecule has 0 aromatic heterocycles. The molecule has 2 rings (SSSR count). The summed E-state index contributed by atoms with van der Waals surface area (Å²) in [6.45, 7) is 1.84. The van der Waals surface area contributed by atoms with Gasteiger partial charge in [0, 0.05) is 6.54 Å². The van der Waals surface area contributed by atoms with Crippen LogP contribution in [0.5, 0.6) is 5.75 Å². The lowest BCUT2D eigenvalue weighted by molar-refractivity contribution is 0.0601. The molecule has 0 fully saturated rings. The number of ether oxygens (including phenoxy) is 2. The van der Waals surface area contributed by atoms with Crippen molar-refractivity contribution in [1.82, 2.24) is 0 Å². The molecule has 0 amide bonds. The summed E-state index contributed by atoms with van der Waals surface area (Å²) in [5.41, 5.74) is 0.443. The molecule has 6 nitrogen and oxygen atoms in total. The minimum Gasteiger partial charge on any atom is -0.495 e. The van der Waals surface area contributed by atoms with E-state index in [-0.39, 0.29) is 28.4 Å². The van der Waals surface area contributed by atoms with Crippen molar-refractivity contribution in [2.45, 2.75) is 11.8 Å². The number of para-hydroxylation sites is 2. The molecule has 0 saturated heterocycles. The molecule has 0 spiro atoms. The van der Waals surface area contributed by atoms with Gasteiger partial charge in [0.15, 0.2) is 0 Å². The predicted molar refractivity (Wildman–Crippen MR) is 91.0 cm³/mol. The lowest BCUT2D eigenvalue weighted by Crippen LogP contribution is -2.32. The largest absolute Gasteiger partial charge is 0.495 e. The average molecular weight is 349 g/mol. The van der Waals surface area contributed by atoms with Crippen molar-refractivity contribution < 1.29 is 22.7 Å². The Morgan fingerprint density at radius 2 is 1.67 bits per heavy atom. The average Bonchev–Trinajstić information content (AvgIpc) is 2.61. The number of anilines is 1. The number of hydrogen-bond donors (Lipinski definition) is 0. The first-order valence-corrected chi connectivity index (χ1v) is 8.74. The molecule has 0 unspecified atom stereocenters. The maximum atomic E-state index is 13.1. The van der Waals surface area contributed by atoms with E-state index in [9.17, 15) is 13.2 Å². The topological polar surface area (TPSA) is 72.9 Å². The van der Waals surface area contributed by atoms with Crippen LogP contribution >= 0.6 is 0 Å². The molecule has 0 aliphatic heterocycles. The second-order valence-corrected chi connectivity index (χ2v) is 6.66. The number of nitrogens with zero attached hydrogens (tertiary/aromatic N) is 1. The van der Waals surface area contributed by atoms with Crippen molar-refractivity contribution in [2.24, 2.45) is 0 Å². The van der Waals surface area contributed by atoms with Gasteiger partial charge >= 0.3 is 5.97 Å². The molecule has 0 aliphatic carbocycles. The fraction of sp³-hybridized carbons (Fsp3) is 0.235. The zero-order valence-corrected chi connectivity index (χ0v) is 14.5. The first-order valence-electron chi connectivity index (χ1n) is 7.30. The van der Waals surface area contributed by atoms with Gasteiger partial charge < -0.3 is 9.47 Å². The minimum absolute atomic E-state index is 0.0361. The molecule has 0 radical (unpaired) electrons. The van der Waals surface area contributed by atoms with Crippen LogP contribution in [0.2, 0.25) is 0 Å². The van der Waals surface area contributed by atoms with E-state index in [4.69, 9.17) is 9.47 Å². The van der Waals surface area contributed by atoms with E-state index in [2.05, 4.69) is 0 Å². The van der Waals surface area contributed by atoms with Crippen molar-refractivity contribution in [2.75, 3.05) is 25.1 Å². The molecule has 0 saturated carbocycles. The number of hydrogen-bond acceptors (Lipinski definition) is 5. The van der Waals surface area contributed by atoms with E-state index >= 15 is 0 Å². The van der Waals surface area contributed by atoms with Crippen LogP contribution in [0.1, 0.15) is 17.3 Å². The van der Waals surface area contributed by atoms with Crippen LogP contribution in [0.4, 0.5) is 5.69 Å². The molecule has 0 heterocycles. The Morgan fingerprint density at radius 1 is 1.04 bits per heavy atom. The standard InChI is InChI=1S/C17H19NO5S/c1-4-18(14-10-6-5-9-13(14)17(19)23-3)24(20,21)16-12-8-7-11-15(16)22-2/h5-12H,4H2,1-3H3. The third kappa shape index (κ3) is 3.21. The summed E-state index contributed by atoms with van der Waals surface area (Å²) in [4.78, 5) is 12.0. The van der Waals surface area contributed by atoms with Gasteiger partial charge in [-0.1, -0.05) is 24.3 Å². The van der Waals surface area contributed by atoms with Crippen molar-refractivity contribution in [1.29, 1.82) is 0 Å². The smallest absolute Gasteiger partial charge is 0.340 e. The summed E-state index contributed by atoms with van der Waals surface area (Å²) in [6.07, 6.45) is 0. The molecule has 128 valence electrons. The minimum atomic E-state index is -3.91. The molecule has 0 aliphatic rings. The quantitative estimate of drug-likeness (QED) is 0.750. The molecular formula is C17H19NO5S. The van der Waals surface area contributed by atoms with E-state index in [1.165, 1.54) is 26.4 Å². The molecule has 2 aromatic carbocycles. The SMILES string of the molecule is CCN(c1ccccc1C(=O)OC)S(=O)(=O)c1ccccc1OC. The Hall–Kier alpha value is -2.54. The summed E-state index contributed by atoms with van der Waals surface area (Å²) < 4.78 is 37.3. The van der Waals surface area contributed by atoms with E-state index in [1.807, 2.05) is 0 Å². The highest BCUT2D eigenvalue weighted by Crippen LogP contribution is 2.31. The van der Waals surface area contributed by atoms with Gasteiger partial charge in [0.25, 0.3) is 10.0 Å². The summed E-state index contributed by atoms with van der Waals surface area (Å²) in [5, 5.41) is 0. The first-order chi connectivity index (χ1) is 11.5. The first kappa shape index (κ1) is 17.8. The summed E-state index contributed by atoms with van der Waals surface area (Å²) in [6, 6.07) is 12.8. The number of benzene rings is 2. The normalized spacial score (nSPS) is 11.0. The number of carbonyl (C=O) groups is 1. The zero-order valence-electron chi connectivity index (χ0n) is 13.7. The monoisotopic (exact) mass is 349 g/mol. The van der Waals surface area contributed by atoms with Crippen LogP contribution in [0.15, 0.2) is 53.4 Å². The van der Waals surface area contributed by atoms with Crippen molar-refractivity contribution in [3.63, 3.8) is 0 Å². The Balaban J connectivity index is 2.62. The molecule has 7 heteroatoms. The molecular weight excluding hydrogens is 330 g/mol. The van der Waals surface area contributed by atoms with Gasteiger partial charge in [0.1, 0.15) is 10.6 Å². The summed E-state index contributed by atoms with van der Waals surface area (Å²) in [5.74, 6) is -0.356. The fourth-order valence-electron chi connectivity index (χ4n) is 2.39. The Kier molecular flexibility index (Phi) is 5.46. The lowest BCUT2D eigenvalue weighted by Gasteiger charge is -2.25. The van der Waals surface area contributed by atoms with Crippen LogP contribution in [-0.4, -0.2) is 35.2 Å². The zero-order chi connectivity index (χ0) is 17.7. The highest BCUT2D eigenvalue weighted by atomic mass is 32.2. The van der Waals surface area contributed by atoms with Crippen molar-refractivity contribution >= 4 is 21.7 Å². The Bertz CT molecular complexity index is 832. The van der Waals surface area contributed by atoms with Gasteiger partial charge in [0.2, 0.25) is 0 Å². The third-order valence-corrected chi connectivity index (χ3v) is 5.43. The summed E-state index contributed by atoms with van der Waals surface area (Å²) in [7, 11) is -1.25. The van der Waals surface area contributed by atoms with Crippen molar-refractivity contribution in [3.05, 3.63) is 54.1 Å². The number of methoxy groups -OCH3 is 2. The number of carbonyl (C=O) groups excluding carboxylic acids is 1. The van der Waals surface area contributed by atoms with Crippen molar-refractivity contribution in [3.8, 4) is 5.75 Å². The maximum absolute atomic E-state index is 13.1. The van der Waals surface area contributed by atoms with Gasteiger partial charge in [-0.3, -0.25) is 4.31 Å². The molecule has 2 aromatic rings. The van der Waals surface area contributed by atoms with E-state index in [0.717, 1.165) is 4.31 Å². The van der Waals surface area contributed by atoms with Gasteiger partial charge in [0.05, 0.1) is 25.5 Å². The lowest BCUT2D eigenvalue weighted by atomic mass is 10.2. The van der Waals surface area contributed by atoms with E-state index < -0.39 is 16.0 Å². The van der Waals surface area contributed by atoms with Crippen LogP contribution in [0.25, 0.3) is 0 Å². The highest BCUT2D eigenvalue weighted by molar-refractivity contribution is 7.93. The number of esters is 1. The van der Waals surface area contributed by atoms with Gasteiger partial charge in [-0.2, -0.15) is 0 Å². The predicted octanol–water partition coefficient (Wildman–Crippen LogP) is 2.70. The van der Waals surface area contributed by atoms with Crippen LogP contribution < -0.4 is 9.04 Å². The number of sulfonamides is 1. The second kappa shape index (κ2) is 7.35. The fourth-order valence-corrected chi connectivity index (χ4v) is 4.05. The summed E-state index contributed by atoms with van der Waals surface area (Å²) >= 11 is 0. The van der Waals surface area contributed by atoms with Crippen LogP contribution in [-0.2, 0) is 14.8 Å². The van der Waals surface area contributed by atoms with E-state index in [1.54, 1.807) is 43.3 Å². The highest BCUT2D eigenvalue weighted by Gasteiger charge is 2.29. The van der Waals surface area contributed by atoms with Gasteiger partial charge in [-0.25, -0.2) is 13.2 Å². The van der Waals surface area contributed by atoms with Gasteiger partial charge in [-0.05, 0) is 31.2 Å². The maximum Gasteiger partial charge on any atom is 0.340 e. The van der Waals surface area contributed by atoms with Crippen LogP contribution in [0.3, 0.4) is 0 Å². The second-order valence-electron chi connectivity index (χ2n) is 4.83. The Labute approximate surface area is 141 Å². The molecule has 0 N–H and O–H groups in total. The molecule has 0 atom stereocenters. The number of rotatable bonds is 6. The van der Waals surface area contributed by atoms with Crippen LogP contribution in [0, 0.1) is 0 Å². The molecule has 0 bridgehead atoms. The molecule has 24 heavy (non-hydrogen) atoms. The Morgan fingerprint density at radius 3 is 2.29 bits per heavy atom. The van der Waals surface area contributed by atoms with Gasteiger partial charge in [-0.15, -0.1) is 0 Å². The third-order valence-electron chi connectivity index (χ3n) is 3.50.